The van der Waals surface area contributed by atoms with E-state index >= 15 is 0 Å². The first-order chi connectivity index (χ1) is 9.31. The van der Waals surface area contributed by atoms with Crippen molar-refractivity contribution in [3.05, 3.63) is 35.9 Å². The number of aliphatic hydroxyl groups excluding tert-OH is 1. The zero-order chi connectivity index (χ0) is 13.5. The summed E-state index contributed by atoms with van der Waals surface area (Å²) in [5.41, 5.74) is 1.17. The summed E-state index contributed by atoms with van der Waals surface area (Å²) in [4.78, 5) is 12.0. The molecule has 1 fully saturated rings. The van der Waals surface area contributed by atoms with Gasteiger partial charge in [-0.3, -0.25) is 4.79 Å². The number of hydrogen-bond donors (Lipinski definition) is 3. The minimum Gasteiger partial charge on any atom is -0.396 e. The highest BCUT2D eigenvalue weighted by molar-refractivity contribution is 5.79. The van der Waals surface area contributed by atoms with Crippen LogP contribution in [0.4, 0.5) is 0 Å². The minimum atomic E-state index is 0.102. The third-order valence-corrected chi connectivity index (χ3v) is 3.70. The Morgan fingerprint density at radius 2 is 2.21 bits per heavy atom. The van der Waals surface area contributed by atoms with Crippen molar-refractivity contribution in [1.82, 2.24) is 10.6 Å². The molecular weight excluding hydrogens is 240 g/mol. The lowest BCUT2D eigenvalue weighted by Crippen LogP contribution is -2.35. The quantitative estimate of drug-likeness (QED) is 0.713. The molecule has 1 amide bonds. The van der Waals surface area contributed by atoms with Crippen molar-refractivity contribution in [2.45, 2.75) is 18.8 Å². The van der Waals surface area contributed by atoms with Crippen molar-refractivity contribution in [2.75, 3.05) is 26.2 Å². The maximum Gasteiger partial charge on any atom is 0.224 e. The smallest absolute Gasteiger partial charge is 0.224 e. The Hall–Kier alpha value is -1.39. The van der Waals surface area contributed by atoms with Gasteiger partial charge in [0.25, 0.3) is 0 Å². The van der Waals surface area contributed by atoms with E-state index < -0.39 is 0 Å². The van der Waals surface area contributed by atoms with Gasteiger partial charge in [-0.25, -0.2) is 0 Å². The van der Waals surface area contributed by atoms with Crippen LogP contribution in [0.5, 0.6) is 0 Å². The monoisotopic (exact) mass is 262 g/mol. The highest BCUT2D eigenvalue weighted by atomic mass is 16.3. The molecule has 0 unspecified atom stereocenters. The van der Waals surface area contributed by atoms with E-state index in [4.69, 9.17) is 5.11 Å². The molecule has 0 aromatic heterocycles. The lowest BCUT2D eigenvalue weighted by molar-refractivity contribution is -0.124. The topological polar surface area (TPSA) is 61.4 Å². The van der Waals surface area contributed by atoms with Crippen LogP contribution < -0.4 is 10.6 Å². The lowest BCUT2D eigenvalue weighted by atomic mass is 9.95. The van der Waals surface area contributed by atoms with Crippen molar-refractivity contribution < 1.29 is 9.90 Å². The zero-order valence-corrected chi connectivity index (χ0v) is 11.1. The number of carbonyl (C=O) groups is 1. The number of amides is 1. The molecule has 0 aliphatic carbocycles. The van der Waals surface area contributed by atoms with Crippen LogP contribution >= 0.6 is 0 Å². The highest BCUT2D eigenvalue weighted by Crippen LogP contribution is 2.18. The van der Waals surface area contributed by atoms with Gasteiger partial charge in [0.05, 0.1) is 5.92 Å². The Balaban J connectivity index is 1.88. The van der Waals surface area contributed by atoms with Gasteiger partial charge >= 0.3 is 0 Å². The lowest BCUT2D eigenvalue weighted by Gasteiger charge is -2.18. The largest absolute Gasteiger partial charge is 0.396 e. The molecule has 0 bridgehead atoms. The summed E-state index contributed by atoms with van der Waals surface area (Å²) < 4.78 is 0. The SMILES string of the molecule is O=C(NC[C@@H](CCO)c1ccccc1)[C@H]1CCNC1. The minimum absolute atomic E-state index is 0.102. The van der Waals surface area contributed by atoms with Gasteiger partial charge in [-0.2, -0.15) is 0 Å². The second-order valence-corrected chi connectivity index (χ2v) is 5.05. The molecule has 1 aromatic carbocycles. The van der Waals surface area contributed by atoms with Crippen LogP contribution in [0, 0.1) is 5.92 Å². The molecule has 0 saturated carbocycles. The van der Waals surface area contributed by atoms with E-state index in [-0.39, 0.29) is 24.3 Å². The Morgan fingerprint density at radius 1 is 1.42 bits per heavy atom. The zero-order valence-electron chi connectivity index (χ0n) is 11.1. The van der Waals surface area contributed by atoms with Crippen LogP contribution in [-0.4, -0.2) is 37.3 Å². The van der Waals surface area contributed by atoms with Gasteiger partial charge in [0.15, 0.2) is 0 Å². The molecule has 1 aromatic rings. The number of nitrogens with one attached hydrogen (secondary N) is 2. The summed E-state index contributed by atoms with van der Waals surface area (Å²) >= 11 is 0. The number of hydrogen-bond acceptors (Lipinski definition) is 3. The van der Waals surface area contributed by atoms with Crippen molar-refractivity contribution in [1.29, 1.82) is 0 Å². The van der Waals surface area contributed by atoms with Crippen molar-refractivity contribution in [2.24, 2.45) is 5.92 Å². The molecule has 2 rings (SSSR count). The summed E-state index contributed by atoms with van der Waals surface area (Å²) in [6, 6.07) is 10.0. The van der Waals surface area contributed by atoms with Gasteiger partial charge in [-0.1, -0.05) is 30.3 Å². The summed E-state index contributed by atoms with van der Waals surface area (Å²) in [5.74, 6) is 0.416. The van der Waals surface area contributed by atoms with E-state index in [1.165, 1.54) is 5.56 Å². The summed E-state index contributed by atoms with van der Waals surface area (Å²) in [7, 11) is 0. The second-order valence-electron chi connectivity index (χ2n) is 5.05. The molecule has 2 atom stereocenters. The highest BCUT2D eigenvalue weighted by Gasteiger charge is 2.23. The van der Waals surface area contributed by atoms with Crippen LogP contribution in [0.2, 0.25) is 0 Å². The van der Waals surface area contributed by atoms with E-state index in [9.17, 15) is 4.79 Å². The maximum absolute atomic E-state index is 12.0. The second kappa shape index (κ2) is 7.26. The predicted molar refractivity (Wildman–Crippen MR) is 74.9 cm³/mol. The van der Waals surface area contributed by atoms with Gasteiger partial charge in [0, 0.05) is 25.6 Å². The molecular formula is C15H22N2O2. The first kappa shape index (κ1) is 14.0. The maximum atomic E-state index is 12.0. The van der Waals surface area contributed by atoms with Crippen LogP contribution in [0.3, 0.4) is 0 Å². The molecule has 3 N–H and O–H groups in total. The van der Waals surface area contributed by atoms with E-state index in [2.05, 4.69) is 10.6 Å². The Labute approximate surface area is 114 Å². The molecule has 1 heterocycles. The summed E-state index contributed by atoms with van der Waals surface area (Å²) in [6.07, 6.45) is 1.59. The van der Waals surface area contributed by atoms with Crippen LogP contribution in [0.15, 0.2) is 30.3 Å². The van der Waals surface area contributed by atoms with Crippen molar-refractivity contribution >= 4 is 5.91 Å². The Kier molecular flexibility index (Phi) is 5.36. The first-order valence-corrected chi connectivity index (χ1v) is 6.95. The molecule has 1 aliphatic rings. The van der Waals surface area contributed by atoms with E-state index in [0.29, 0.717) is 13.0 Å². The standard InChI is InChI=1S/C15H22N2O2/c18-9-7-13(12-4-2-1-3-5-12)11-17-15(19)14-6-8-16-10-14/h1-5,13-14,16,18H,6-11H2,(H,17,19)/t13-,14+/m1/s1. The van der Waals surface area contributed by atoms with E-state index in [0.717, 1.165) is 19.5 Å². The Morgan fingerprint density at radius 3 is 2.84 bits per heavy atom. The number of benzene rings is 1. The van der Waals surface area contributed by atoms with Crippen LogP contribution in [-0.2, 0) is 4.79 Å². The molecule has 4 heteroatoms. The third kappa shape index (κ3) is 4.04. The molecule has 0 spiro atoms. The molecule has 4 nitrogen and oxygen atoms in total. The number of rotatable bonds is 6. The van der Waals surface area contributed by atoms with Crippen LogP contribution in [0.1, 0.15) is 24.3 Å². The van der Waals surface area contributed by atoms with Gasteiger partial charge in [0.2, 0.25) is 5.91 Å². The fourth-order valence-corrected chi connectivity index (χ4v) is 2.51. The van der Waals surface area contributed by atoms with Crippen LogP contribution in [0.25, 0.3) is 0 Å². The first-order valence-electron chi connectivity index (χ1n) is 6.95. The van der Waals surface area contributed by atoms with E-state index in [1.807, 2.05) is 30.3 Å². The number of aliphatic hydroxyl groups is 1. The van der Waals surface area contributed by atoms with Gasteiger partial charge in [-0.05, 0) is 24.9 Å². The summed E-state index contributed by atoms with van der Waals surface area (Å²) in [6.45, 7) is 2.44. The van der Waals surface area contributed by atoms with E-state index in [1.54, 1.807) is 0 Å². The normalized spacial score (nSPS) is 20.2. The fraction of sp³-hybridized carbons (Fsp3) is 0.533. The third-order valence-electron chi connectivity index (χ3n) is 3.70. The van der Waals surface area contributed by atoms with Crippen molar-refractivity contribution in [3.63, 3.8) is 0 Å². The summed E-state index contributed by atoms with van der Waals surface area (Å²) in [5, 5.41) is 15.4. The molecule has 1 aliphatic heterocycles. The molecule has 104 valence electrons. The average molecular weight is 262 g/mol. The molecule has 1 saturated heterocycles. The molecule has 19 heavy (non-hydrogen) atoms. The fourth-order valence-electron chi connectivity index (χ4n) is 2.51. The number of carbonyl (C=O) groups excluding carboxylic acids is 1. The van der Waals surface area contributed by atoms with Gasteiger partial charge in [-0.15, -0.1) is 0 Å². The predicted octanol–water partition coefficient (Wildman–Crippen LogP) is 0.878. The average Bonchev–Trinajstić information content (AvgIpc) is 2.98. The van der Waals surface area contributed by atoms with Crippen molar-refractivity contribution in [3.8, 4) is 0 Å². The molecule has 0 radical (unpaired) electrons. The van der Waals surface area contributed by atoms with Gasteiger partial charge < -0.3 is 15.7 Å². The Bertz CT molecular complexity index is 388. The van der Waals surface area contributed by atoms with Gasteiger partial charge in [0.1, 0.15) is 0 Å².